The van der Waals surface area contributed by atoms with Gasteiger partial charge < -0.3 is 15.4 Å². The molecule has 1 saturated heterocycles. The van der Waals surface area contributed by atoms with Crippen molar-refractivity contribution < 1.29 is 4.74 Å². The molecule has 100 valence electrons. The number of rotatable bonds is 4. The molecule has 0 spiro atoms. The molecule has 2 heterocycles. The highest BCUT2D eigenvalue weighted by molar-refractivity contribution is 5.44. The SMILES string of the molecule is CCc1cc(CN)cc(N2CCOCC2CC)n1. The van der Waals surface area contributed by atoms with Crippen LogP contribution in [0.25, 0.3) is 0 Å². The normalized spacial score (nSPS) is 20.2. The van der Waals surface area contributed by atoms with Gasteiger partial charge in [-0.2, -0.15) is 0 Å². The maximum Gasteiger partial charge on any atom is 0.129 e. The van der Waals surface area contributed by atoms with Crippen molar-refractivity contribution in [2.24, 2.45) is 5.73 Å². The lowest BCUT2D eigenvalue weighted by molar-refractivity contribution is 0.0925. The molecule has 1 aromatic rings. The predicted molar refractivity (Wildman–Crippen MR) is 73.8 cm³/mol. The molecule has 0 radical (unpaired) electrons. The molecule has 1 atom stereocenters. The molecule has 0 saturated carbocycles. The first kappa shape index (κ1) is 13.3. The minimum absolute atomic E-state index is 0.434. The second-order valence-electron chi connectivity index (χ2n) is 4.71. The molecule has 18 heavy (non-hydrogen) atoms. The zero-order valence-electron chi connectivity index (χ0n) is 11.4. The van der Waals surface area contributed by atoms with E-state index in [9.17, 15) is 0 Å². The summed E-state index contributed by atoms with van der Waals surface area (Å²) in [7, 11) is 0. The highest BCUT2D eigenvalue weighted by Crippen LogP contribution is 2.21. The minimum Gasteiger partial charge on any atom is -0.377 e. The highest BCUT2D eigenvalue weighted by atomic mass is 16.5. The van der Waals surface area contributed by atoms with Gasteiger partial charge >= 0.3 is 0 Å². The van der Waals surface area contributed by atoms with Crippen molar-refractivity contribution >= 4 is 5.82 Å². The number of anilines is 1. The number of nitrogens with two attached hydrogens (primary N) is 1. The molecule has 4 heteroatoms. The molecule has 0 amide bonds. The van der Waals surface area contributed by atoms with Gasteiger partial charge in [-0.05, 0) is 30.5 Å². The van der Waals surface area contributed by atoms with Crippen molar-refractivity contribution in [2.45, 2.75) is 39.3 Å². The zero-order chi connectivity index (χ0) is 13.0. The van der Waals surface area contributed by atoms with Crippen LogP contribution in [0.5, 0.6) is 0 Å². The van der Waals surface area contributed by atoms with Crippen LogP contribution in [0.1, 0.15) is 31.5 Å². The van der Waals surface area contributed by atoms with Gasteiger partial charge in [-0.3, -0.25) is 0 Å². The van der Waals surface area contributed by atoms with Crippen LogP contribution in [-0.2, 0) is 17.7 Å². The Morgan fingerprint density at radius 1 is 1.44 bits per heavy atom. The lowest BCUT2D eigenvalue weighted by atomic mass is 10.1. The largest absolute Gasteiger partial charge is 0.377 e. The standard InChI is InChI=1S/C14H23N3O/c1-3-12-7-11(9-15)8-14(16-12)17-5-6-18-10-13(17)4-2/h7-8,13H,3-6,9-10,15H2,1-2H3. The summed E-state index contributed by atoms with van der Waals surface area (Å²) >= 11 is 0. The molecule has 2 N–H and O–H groups in total. The van der Waals surface area contributed by atoms with Crippen LogP contribution in [0.4, 0.5) is 5.82 Å². The lowest BCUT2D eigenvalue weighted by Crippen LogP contribution is -2.45. The first-order valence-electron chi connectivity index (χ1n) is 6.82. The van der Waals surface area contributed by atoms with Gasteiger partial charge in [0.15, 0.2) is 0 Å². The van der Waals surface area contributed by atoms with E-state index in [4.69, 9.17) is 15.5 Å². The molecule has 0 aliphatic carbocycles. The van der Waals surface area contributed by atoms with Gasteiger partial charge in [0.05, 0.1) is 19.3 Å². The number of hydrogen-bond donors (Lipinski definition) is 1. The third kappa shape index (κ3) is 2.82. The van der Waals surface area contributed by atoms with E-state index in [2.05, 4.69) is 30.9 Å². The predicted octanol–water partition coefficient (Wildman–Crippen LogP) is 1.72. The van der Waals surface area contributed by atoms with Gasteiger partial charge in [-0.15, -0.1) is 0 Å². The monoisotopic (exact) mass is 249 g/mol. The van der Waals surface area contributed by atoms with Gasteiger partial charge in [0.1, 0.15) is 5.82 Å². The second-order valence-corrected chi connectivity index (χ2v) is 4.71. The van der Waals surface area contributed by atoms with Gasteiger partial charge in [0, 0.05) is 18.8 Å². The number of morpholine rings is 1. The Kier molecular flexibility index (Phi) is 4.55. The Hall–Kier alpha value is -1.13. The number of ether oxygens (including phenoxy) is 1. The van der Waals surface area contributed by atoms with Gasteiger partial charge in [0.2, 0.25) is 0 Å². The Bertz CT molecular complexity index is 372. The molecule has 1 unspecified atom stereocenters. The first-order valence-corrected chi connectivity index (χ1v) is 6.82. The molecule has 1 aromatic heterocycles. The second kappa shape index (κ2) is 6.16. The van der Waals surface area contributed by atoms with Crippen LogP contribution < -0.4 is 10.6 Å². The molecule has 1 fully saturated rings. The number of nitrogens with zero attached hydrogens (tertiary/aromatic N) is 2. The Balaban J connectivity index is 2.29. The maximum atomic E-state index is 5.77. The van der Waals surface area contributed by atoms with Crippen molar-refractivity contribution in [2.75, 3.05) is 24.7 Å². The lowest BCUT2D eigenvalue weighted by Gasteiger charge is -2.36. The molecular formula is C14H23N3O. The van der Waals surface area contributed by atoms with E-state index in [1.165, 1.54) is 0 Å². The Labute approximate surface area is 109 Å². The molecule has 0 bridgehead atoms. The van der Waals surface area contributed by atoms with Gasteiger partial charge in [-0.1, -0.05) is 13.8 Å². The van der Waals surface area contributed by atoms with Crippen molar-refractivity contribution in [3.05, 3.63) is 23.4 Å². The summed E-state index contributed by atoms with van der Waals surface area (Å²) in [6, 6.07) is 4.65. The number of aryl methyl sites for hydroxylation is 1. The van der Waals surface area contributed by atoms with Crippen LogP contribution in [0.15, 0.2) is 12.1 Å². The summed E-state index contributed by atoms with van der Waals surface area (Å²) in [4.78, 5) is 7.10. The molecular weight excluding hydrogens is 226 g/mol. The zero-order valence-corrected chi connectivity index (χ0v) is 11.4. The smallest absolute Gasteiger partial charge is 0.129 e. The van der Waals surface area contributed by atoms with Crippen molar-refractivity contribution in [1.82, 2.24) is 4.98 Å². The number of aromatic nitrogens is 1. The number of pyridine rings is 1. The maximum absolute atomic E-state index is 5.77. The molecule has 2 rings (SSSR count). The third-order valence-electron chi connectivity index (χ3n) is 3.52. The minimum atomic E-state index is 0.434. The summed E-state index contributed by atoms with van der Waals surface area (Å²) in [6.07, 6.45) is 2.03. The quantitative estimate of drug-likeness (QED) is 0.882. The van der Waals surface area contributed by atoms with E-state index in [-0.39, 0.29) is 0 Å². The van der Waals surface area contributed by atoms with Crippen molar-refractivity contribution in [3.8, 4) is 0 Å². The third-order valence-corrected chi connectivity index (χ3v) is 3.52. The fourth-order valence-electron chi connectivity index (χ4n) is 2.37. The molecule has 4 nitrogen and oxygen atoms in total. The summed E-state index contributed by atoms with van der Waals surface area (Å²) in [6.45, 7) is 7.40. The topological polar surface area (TPSA) is 51.4 Å². The van der Waals surface area contributed by atoms with E-state index in [0.717, 1.165) is 49.7 Å². The van der Waals surface area contributed by atoms with Crippen LogP contribution in [0, 0.1) is 0 Å². The van der Waals surface area contributed by atoms with Crippen molar-refractivity contribution in [3.63, 3.8) is 0 Å². The molecule has 1 aliphatic heterocycles. The van der Waals surface area contributed by atoms with Gasteiger partial charge in [-0.25, -0.2) is 4.98 Å². The van der Waals surface area contributed by atoms with E-state index in [1.807, 2.05) is 0 Å². The van der Waals surface area contributed by atoms with Crippen molar-refractivity contribution in [1.29, 1.82) is 0 Å². The van der Waals surface area contributed by atoms with Crippen LogP contribution in [0.2, 0.25) is 0 Å². The van der Waals surface area contributed by atoms with Gasteiger partial charge in [0.25, 0.3) is 0 Å². The molecule has 0 aromatic carbocycles. The van der Waals surface area contributed by atoms with Crippen LogP contribution in [0.3, 0.4) is 0 Å². The van der Waals surface area contributed by atoms with E-state index in [1.54, 1.807) is 0 Å². The van der Waals surface area contributed by atoms with E-state index >= 15 is 0 Å². The first-order chi connectivity index (χ1) is 8.78. The van der Waals surface area contributed by atoms with E-state index < -0.39 is 0 Å². The average molecular weight is 249 g/mol. The summed E-state index contributed by atoms with van der Waals surface area (Å²) in [5.41, 5.74) is 8.05. The summed E-state index contributed by atoms with van der Waals surface area (Å²) in [5, 5.41) is 0. The van der Waals surface area contributed by atoms with Crippen LogP contribution >= 0.6 is 0 Å². The average Bonchev–Trinajstić information content (AvgIpc) is 2.46. The van der Waals surface area contributed by atoms with Crippen LogP contribution in [-0.4, -0.2) is 30.8 Å². The fourth-order valence-corrected chi connectivity index (χ4v) is 2.37. The summed E-state index contributed by atoms with van der Waals surface area (Å²) in [5.74, 6) is 1.06. The number of hydrogen-bond acceptors (Lipinski definition) is 4. The van der Waals surface area contributed by atoms with E-state index in [0.29, 0.717) is 12.6 Å². The molecule has 1 aliphatic rings. The Morgan fingerprint density at radius 3 is 2.94 bits per heavy atom. The summed E-state index contributed by atoms with van der Waals surface area (Å²) < 4.78 is 5.54. The highest BCUT2D eigenvalue weighted by Gasteiger charge is 2.23. The fraction of sp³-hybridized carbons (Fsp3) is 0.643. The Morgan fingerprint density at radius 2 is 2.28 bits per heavy atom.